The first-order valence-electron chi connectivity index (χ1n) is 10.5. The molecule has 0 bridgehead atoms. The van der Waals surface area contributed by atoms with Crippen LogP contribution in [0.25, 0.3) is 22.2 Å². The molecular formula is C24H28N4O. The Bertz CT molecular complexity index is 973. The lowest BCUT2D eigenvalue weighted by molar-refractivity contribution is 0.0951. The molecule has 0 saturated carbocycles. The molecule has 4 rings (SSSR count). The van der Waals surface area contributed by atoms with E-state index in [0.717, 1.165) is 41.0 Å². The Labute approximate surface area is 172 Å². The first kappa shape index (κ1) is 19.5. The van der Waals surface area contributed by atoms with E-state index in [1.807, 2.05) is 42.5 Å². The van der Waals surface area contributed by atoms with Gasteiger partial charge in [0.15, 0.2) is 0 Å². The second-order valence-corrected chi connectivity index (χ2v) is 7.97. The van der Waals surface area contributed by atoms with Gasteiger partial charge in [0.1, 0.15) is 0 Å². The number of likely N-dealkylation sites (tertiary alicyclic amines) is 1. The number of hydrogen-bond acceptors (Lipinski definition) is 4. The number of benzene rings is 1. The largest absolute Gasteiger partial charge is 0.352 e. The number of hydrogen-bond donors (Lipinski definition) is 1. The zero-order valence-corrected chi connectivity index (χ0v) is 17.0. The maximum absolute atomic E-state index is 13.0. The van der Waals surface area contributed by atoms with E-state index in [1.165, 1.54) is 25.9 Å². The predicted octanol–water partition coefficient (Wildman–Crippen LogP) is 4.15. The van der Waals surface area contributed by atoms with E-state index in [9.17, 15) is 4.79 Å². The monoisotopic (exact) mass is 388 g/mol. The molecule has 3 aromatic rings. The number of nitrogens with zero attached hydrogens (tertiary/aromatic N) is 3. The van der Waals surface area contributed by atoms with Crippen molar-refractivity contribution < 1.29 is 4.79 Å². The van der Waals surface area contributed by atoms with Crippen LogP contribution in [0.2, 0.25) is 0 Å². The highest BCUT2D eigenvalue weighted by molar-refractivity contribution is 6.07. The smallest absolute Gasteiger partial charge is 0.252 e. The summed E-state index contributed by atoms with van der Waals surface area (Å²) in [6, 6.07) is 13.5. The summed E-state index contributed by atoms with van der Waals surface area (Å²) in [4.78, 5) is 24.4. The van der Waals surface area contributed by atoms with E-state index in [1.54, 1.807) is 12.4 Å². The molecule has 5 nitrogen and oxygen atoms in total. The zero-order valence-electron chi connectivity index (χ0n) is 17.0. The Morgan fingerprint density at radius 1 is 1.24 bits per heavy atom. The molecule has 5 heteroatoms. The minimum Gasteiger partial charge on any atom is -0.352 e. The van der Waals surface area contributed by atoms with E-state index in [2.05, 4.69) is 22.1 Å². The van der Waals surface area contributed by atoms with Crippen LogP contribution in [0, 0.1) is 5.92 Å². The van der Waals surface area contributed by atoms with Crippen LogP contribution in [0.1, 0.15) is 36.5 Å². The Kier molecular flexibility index (Phi) is 6.15. The van der Waals surface area contributed by atoms with Gasteiger partial charge in [0, 0.05) is 36.4 Å². The van der Waals surface area contributed by atoms with Gasteiger partial charge in [-0.15, -0.1) is 0 Å². The summed E-state index contributed by atoms with van der Waals surface area (Å²) in [7, 11) is 0. The number of fused-ring (bicyclic) bond motifs is 1. The van der Waals surface area contributed by atoms with Gasteiger partial charge in [0.2, 0.25) is 0 Å². The number of rotatable bonds is 6. The van der Waals surface area contributed by atoms with E-state index < -0.39 is 0 Å². The molecule has 0 radical (unpaired) electrons. The fourth-order valence-electron chi connectivity index (χ4n) is 4.12. The lowest BCUT2D eigenvalue weighted by Crippen LogP contribution is -2.36. The van der Waals surface area contributed by atoms with Gasteiger partial charge in [-0.05, 0) is 62.5 Å². The second kappa shape index (κ2) is 9.14. The van der Waals surface area contributed by atoms with Crippen LogP contribution in [0.4, 0.5) is 0 Å². The van der Waals surface area contributed by atoms with Crippen molar-refractivity contribution in [2.75, 3.05) is 26.2 Å². The molecular weight excluding hydrogens is 360 g/mol. The Balaban J connectivity index is 1.46. The molecule has 1 saturated heterocycles. The topological polar surface area (TPSA) is 58.1 Å². The molecule has 1 fully saturated rings. The normalized spacial score (nSPS) is 17.3. The molecule has 1 atom stereocenters. The van der Waals surface area contributed by atoms with Gasteiger partial charge in [-0.2, -0.15) is 0 Å². The van der Waals surface area contributed by atoms with Crippen molar-refractivity contribution in [2.45, 2.75) is 26.2 Å². The number of carbonyl (C=O) groups is 1. The fraction of sp³-hybridized carbons (Fsp3) is 0.375. The van der Waals surface area contributed by atoms with Crippen LogP contribution < -0.4 is 5.32 Å². The molecule has 2 aromatic heterocycles. The number of aromatic nitrogens is 2. The highest BCUT2D eigenvalue weighted by atomic mass is 16.1. The third-order valence-electron chi connectivity index (χ3n) is 5.60. The standard InChI is InChI=1S/C24H28N4O/c1-18-7-5-13-28(17-18)14-6-12-26-24(29)21-15-23(19-8-4-11-25-16-19)27-22-10-3-2-9-20(21)22/h2-4,8-11,15-16,18H,5-7,12-14,17H2,1H3,(H,26,29)/t18-/m1/s1. The first-order valence-corrected chi connectivity index (χ1v) is 10.5. The summed E-state index contributed by atoms with van der Waals surface area (Å²) in [6.45, 7) is 6.41. The number of piperidine rings is 1. The maximum Gasteiger partial charge on any atom is 0.252 e. The lowest BCUT2D eigenvalue weighted by Gasteiger charge is -2.30. The molecule has 150 valence electrons. The van der Waals surface area contributed by atoms with Crippen molar-refractivity contribution >= 4 is 16.8 Å². The molecule has 1 amide bonds. The summed E-state index contributed by atoms with van der Waals surface area (Å²) in [6.07, 6.45) is 7.10. The van der Waals surface area contributed by atoms with Crippen molar-refractivity contribution in [1.82, 2.24) is 20.2 Å². The van der Waals surface area contributed by atoms with Crippen molar-refractivity contribution in [2.24, 2.45) is 5.92 Å². The zero-order chi connectivity index (χ0) is 20.1. The lowest BCUT2D eigenvalue weighted by atomic mass is 10.0. The van der Waals surface area contributed by atoms with Crippen LogP contribution in [0.3, 0.4) is 0 Å². The summed E-state index contributed by atoms with van der Waals surface area (Å²) in [5, 5.41) is 3.99. The Hall–Kier alpha value is -2.79. The minimum atomic E-state index is -0.0410. The van der Waals surface area contributed by atoms with Gasteiger partial charge in [0.25, 0.3) is 5.91 Å². The van der Waals surface area contributed by atoms with E-state index in [-0.39, 0.29) is 5.91 Å². The van der Waals surface area contributed by atoms with Crippen molar-refractivity contribution in [1.29, 1.82) is 0 Å². The molecule has 1 aliphatic rings. The molecule has 0 spiro atoms. The number of carbonyl (C=O) groups excluding carboxylic acids is 1. The number of para-hydroxylation sites is 1. The first-order chi connectivity index (χ1) is 14.2. The van der Waals surface area contributed by atoms with E-state index in [4.69, 9.17) is 4.98 Å². The van der Waals surface area contributed by atoms with Crippen molar-refractivity contribution in [3.05, 3.63) is 60.4 Å². The van der Waals surface area contributed by atoms with Crippen LogP contribution in [-0.4, -0.2) is 47.0 Å². The van der Waals surface area contributed by atoms with Crippen LogP contribution >= 0.6 is 0 Å². The van der Waals surface area contributed by atoms with Crippen LogP contribution in [0.5, 0.6) is 0 Å². The number of amides is 1. The molecule has 3 heterocycles. The third kappa shape index (κ3) is 4.80. The Morgan fingerprint density at radius 2 is 2.14 bits per heavy atom. The van der Waals surface area contributed by atoms with Crippen molar-refractivity contribution in [3.8, 4) is 11.3 Å². The quantitative estimate of drug-likeness (QED) is 0.645. The van der Waals surface area contributed by atoms with Crippen LogP contribution in [-0.2, 0) is 0 Å². The maximum atomic E-state index is 13.0. The highest BCUT2D eigenvalue weighted by Gasteiger charge is 2.16. The predicted molar refractivity (Wildman–Crippen MR) is 117 cm³/mol. The number of nitrogens with one attached hydrogen (secondary N) is 1. The van der Waals surface area contributed by atoms with Gasteiger partial charge in [-0.1, -0.05) is 25.1 Å². The average Bonchev–Trinajstić information content (AvgIpc) is 2.76. The summed E-state index contributed by atoms with van der Waals surface area (Å²) in [5.41, 5.74) is 3.16. The van der Waals surface area contributed by atoms with E-state index in [0.29, 0.717) is 12.1 Å². The molecule has 29 heavy (non-hydrogen) atoms. The molecule has 1 aromatic carbocycles. The van der Waals surface area contributed by atoms with Crippen molar-refractivity contribution in [3.63, 3.8) is 0 Å². The summed E-state index contributed by atoms with van der Waals surface area (Å²) in [5.74, 6) is 0.744. The summed E-state index contributed by atoms with van der Waals surface area (Å²) < 4.78 is 0. The van der Waals surface area contributed by atoms with Gasteiger partial charge >= 0.3 is 0 Å². The summed E-state index contributed by atoms with van der Waals surface area (Å²) >= 11 is 0. The Morgan fingerprint density at radius 3 is 2.97 bits per heavy atom. The molecule has 1 N–H and O–H groups in total. The van der Waals surface area contributed by atoms with Gasteiger partial charge in [-0.25, -0.2) is 4.98 Å². The molecule has 1 aliphatic heterocycles. The fourth-order valence-corrected chi connectivity index (χ4v) is 4.12. The number of pyridine rings is 2. The van der Waals surface area contributed by atoms with E-state index >= 15 is 0 Å². The SMILES string of the molecule is C[C@@H]1CCCN(CCCNC(=O)c2cc(-c3cccnc3)nc3ccccc23)C1. The average molecular weight is 389 g/mol. The van der Waals surface area contributed by atoms with Gasteiger partial charge in [0.05, 0.1) is 16.8 Å². The molecule has 0 unspecified atom stereocenters. The third-order valence-corrected chi connectivity index (χ3v) is 5.60. The van der Waals surface area contributed by atoms with Gasteiger partial charge < -0.3 is 10.2 Å². The van der Waals surface area contributed by atoms with Crippen LogP contribution in [0.15, 0.2) is 54.9 Å². The van der Waals surface area contributed by atoms with Gasteiger partial charge in [-0.3, -0.25) is 9.78 Å². The second-order valence-electron chi connectivity index (χ2n) is 7.97. The minimum absolute atomic E-state index is 0.0410. The highest BCUT2D eigenvalue weighted by Crippen LogP contribution is 2.24. The molecule has 0 aliphatic carbocycles.